The third-order valence-electron chi connectivity index (χ3n) is 3.39. The number of hydrogen-bond acceptors (Lipinski definition) is 0. The lowest BCUT2D eigenvalue weighted by molar-refractivity contribution is -0.137. The summed E-state index contributed by atoms with van der Waals surface area (Å²) >= 11 is 0. The first-order valence-corrected chi connectivity index (χ1v) is 6.32. The molecule has 0 radical (unpaired) electrons. The summed E-state index contributed by atoms with van der Waals surface area (Å²) in [5.74, 6) is -0.346. The fraction of sp³-hybridized carbons (Fsp3) is 0.0588. The van der Waals surface area contributed by atoms with Crippen LogP contribution in [-0.2, 0) is 6.18 Å². The molecule has 0 saturated heterocycles. The maximum atomic E-state index is 13.8. The van der Waals surface area contributed by atoms with Crippen molar-refractivity contribution in [3.63, 3.8) is 0 Å². The van der Waals surface area contributed by atoms with Crippen molar-refractivity contribution in [1.29, 1.82) is 0 Å². The topological polar surface area (TPSA) is 0 Å². The third-order valence-corrected chi connectivity index (χ3v) is 3.39. The molecule has 0 atom stereocenters. The van der Waals surface area contributed by atoms with E-state index in [4.69, 9.17) is 0 Å². The van der Waals surface area contributed by atoms with Gasteiger partial charge in [-0.2, -0.15) is 13.2 Å². The average Bonchev–Trinajstić information content (AvgIpc) is 2.46. The largest absolute Gasteiger partial charge is 0.416 e. The smallest absolute Gasteiger partial charge is 0.206 e. The van der Waals surface area contributed by atoms with Crippen molar-refractivity contribution in [1.82, 2.24) is 0 Å². The summed E-state index contributed by atoms with van der Waals surface area (Å²) < 4.78 is 51.5. The van der Waals surface area contributed by atoms with E-state index in [1.165, 1.54) is 18.2 Å². The van der Waals surface area contributed by atoms with Crippen molar-refractivity contribution in [3.05, 3.63) is 72.0 Å². The number of rotatable bonds is 1. The Bertz CT molecular complexity index is 786. The van der Waals surface area contributed by atoms with Crippen molar-refractivity contribution in [2.45, 2.75) is 6.18 Å². The Labute approximate surface area is 118 Å². The van der Waals surface area contributed by atoms with Crippen LogP contribution in [0.5, 0.6) is 0 Å². The third kappa shape index (κ3) is 2.49. The van der Waals surface area contributed by atoms with Gasteiger partial charge >= 0.3 is 6.18 Å². The minimum absolute atomic E-state index is 0.346. The van der Waals surface area contributed by atoms with E-state index in [1.54, 1.807) is 30.3 Å². The normalized spacial score (nSPS) is 11.8. The molecule has 3 aromatic carbocycles. The predicted octanol–water partition coefficient (Wildman–Crippen LogP) is 5.66. The lowest BCUT2D eigenvalue weighted by Gasteiger charge is -2.10. The summed E-state index contributed by atoms with van der Waals surface area (Å²) in [5.41, 5.74) is 0.637. The molecule has 0 amide bonds. The fourth-order valence-electron chi connectivity index (χ4n) is 2.36. The van der Waals surface area contributed by atoms with E-state index in [1.807, 2.05) is 0 Å². The van der Waals surface area contributed by atoms with Crippen LogP contribution in [0.1, 0.15) is 5.56 Å². The van der Waals surface area contributed by atoms with E-state index < -0.39 is 11.7 Å². The van der Waals surface area contributed by atoms with Gasteiger partial charge in [0.15, 0.2) is 0 Å². The molecule has 0 nitrogen and oxygen atoms in total. The minimum atomic E-state index is -4.36. The first kappa shape index (κ1) is 13.6. The van der Waals surface area contributed by atoms with Crippen LogP contribution in [0.4, 0.5) is 17.6 Å². The predicted molar refractivity (Wildman–Crippen MR) is 74.3 cm³/mol. The molecule has 0 fully saturated rings. The molecule has 3 rings (SSSR count). The van der Waals surface area contributed by atoms with Crippen molar-refractivity contribution >= 4 is 10.8 Å². The monoisotopic (exact) mass is 290 g/mol. The van der Waals surface area contributed by atoms with Crippen molar-refractivity contribution in [2.24, 2.45) is 0 Å². The summed E-state index contributed by atoms with van der Waals surface area (Å²) in [7, 11) is 0. The van der Waals surface area contributed by atoms with E-state index in [9.17, 15) is 17.6 Å². The Balaban J connectivity index is 2.15. The van der Waals surface area contributed by atoms with Crippen LogP contribution in [0.3, 0.4) is 0 Å². The summed E-state index contributed by atoms with van der Waals surface area (Å²) in [5, 5.41) is 1.13. The molecule has 0 N–H and O–H groups in total. The Morgan fingerprint density at radius 2 is 1.29 bits per heavy atom. The summed E-state index contributed by atoms with van der Waals surface area (Å²) in [6.45, 7) is 0. The van der Waals surface area contributed by atoms with E-state index in [-0.39, 0.29) is 5.82 Å². The quantitative estimate of drug-likeness (QED) is 0.507. The Hall–Kier alpha value is -2.36. The van der Waals surface area contributed by atoms with Gasteiger partial charge in [-0.25, -0.2) is 4.39 Å². The number of benzene rings is 3. The van der Waals surface area contributed by atoms with Crippen molar-refractivity contribution in [3.8, 4) is 11.1 Å². The maximum absolute atomic E-state index is 13.8. The summed E-state index contributed by atoms with van der Waals surface area (Å²) in [6.07, 6.45) is -4.36. The van der Waals surface area contributed by atoms with Gasteiger partial charge in [0.2, 0.25) is 0 Å². The van der Waals surface area contributed by atoms with Crippen molar-refractivity contribution in [2.75, 3.05) is 0 Å². The number of hydrogen-bond donors (Lipinski definition) is 0. The van der Waals surface area contributed by atoms with Crippen LogP contribution in [0.25, 0.3) is 21.9 Å². The van der Waals surface area contributed by atoms with Gasteiger partial charge in [-0.15, -0.1) is 0 Å². The van der Waals surface area contributed by atoms with Gasteiger partial charge in [-0.3, -0.25) is 0 Å². The van der Waals surface area contributed by atoms with Gasteiger partial charge < -0.3 is 0 Å². The molecule has 0 heterocycles. The van der Waals surface area contributed by atoms with Gasteiger partial charge in [0.05, 0.1) is 5.56 Å². The first-order valence-electron chi connectivity index (χ1n) is 6.32. The first-order chi connectivity index (χ1) is 9.97. The van der Waals surface area contributed by atoms with Crippen LogP contribution >= 0.6 is 0 Å². The highest BCUT2D eigenvalue weighted by Gasteiger charge is 2.30. The second-order valence-electron chi connectivity index (χ2n) is 4.72. The highest BCUT2D eigenvalue weighted by atomic mass is 19.4. The van der Waals surface area contributed by atoms with Crippen LogP contribution in [0.2, 0.25) is 0 Å². The molecule has 0 bridgehead atoms. The number of alkyl halides is 3. The minimum Gasteiger partial charge on any atom is -0.206 e. The molecule has 0 aromatic heterocycles. The number of fused-ring (bicyclic) bond motifs is 1. The SMILES string of the molecule is Fc1cccc2c(-c3ccc(C(F)(F)F)cc3)cccc12. The lowest BCUT2D eigenvalue weighted by Crippen LogP contribution is -2.04. The van der Waals surface area contributed by atoms with Crippen molar-refractivity contribution < 1.29 is 17.6 Å². The Morgan fingerprint density at radius 3 is 1.95 bits per heavy atom. The molecular formula is C17H10F4. The zero-order chi connectivity index (χ0) is 15.0. The second-order valence-corrected chi connectivity index (χ2v) is 4.72. The highest BCUT2D eigenvalue weighted by Crippen LogP contribution is 2.33. The Kier molecular flexibility index (Phi) is 3.16. The van der Waals surface area contributed by atoms with Gasteiger partial charge in [0.1, 0.15) is 5.82 Å². The van der Waals surface area contributed by atoms with Gasteiger partial charge in [-0.05, 0) is 34.7 Å². The zero-order valence-electron chi connectivity index (χ0n) is 10.8. The Morgan fingerprint density at radius 1 is 0.667 bits per heavy atom. The van der Waals surface area contributed by atoms with E-state index in [2.05, 4.69) is 0 Å². The van der Waals surface area contributed by atoms with Crippen LogP contribution < -0.4 is 0 Å². The molecule has 0 spiro atoms. The lowest BCUT2D eigenvalue weighted by atomic mass is 9.97. The molecule has 0 aliphatic rings. The molecule has 0 aliphatic heterocycles. The second kappa shape index (κ2) is 4.88. The highest BCUT2D eigenvalue weighted by molar-refractivity contribution is 5.96. The molecule has 0 saturated carbocycles. The molecule has 106 valence electrons. The zero-order valence-corrected chi connectivity index (χ0v) is 10.8. The van der Waals surface area contributed by atoms with E-state index >= 15 is 0 Å². The fourth-order valence-corrected chi connectivity index (χ4v) is 2.36. The summed E-state index contributed by atoms with van der Waals surface area (Å²) in [6, 6.07) is 14.7. The number of halogens is 4. The molecular weight excluding hydrogens is 280 g/mol. The van der Waals surface area contributed by atoms with Crippen LogP contribution in [-0.4, -0.2) is 0 Å². The van der Waals surface area contributed by atoms with Gasteiger partial charge in [0, 0.05) is 5.39 Å². The molecule has 21 heavy (non-hydrogen) atoms. The van der Waals surface area contributed by atoms with Gasteiger partial charge in [0.25, 0.3) is 0 Å². The molecule has 4 heteroatoms. The molecule has 0 aliphatic carbocycles. The molecule has 3 aromatic rings. The standard InChI is InChI=1S/C17H10F4/c18-16-6-2-4-14-13(3-1-5-15(14)16)11-7-9-12(10-8-11)17(19,20)21/h1-10H. The van der Waals surface area contributed by atoms with E-state index in [0.29, 0.717) is 21.9 Å². The van der Waals surface area contributed by atoms with E-state index in [0.717, 1.165) is 12.1 Å². The average molecular weight is 290 g/mol. The van der Waals surface area contributed by atoms with Gasteiger partial charge in [-0.1, -0.05) is 42.5 Å². The maximum Gasteiger partial charge on any atom is 0.416 e. The summed E-state index contributed by atoms with van der Waals surface area (Å²) in [4.78, 5) is 0. The van der Waals surface area contributed by atoms with Crippen LogP contribution in [0, 0.1) is 5.82 Å². The molecule has 0 unspecified atom stereocenters. The van der Waals surface area contributed by atoms with Crippen LogP contribution in [0.15, 0.2) is 60.7 Å².